The molecule has 1 N–H and O–H groups in total. The standard InChI is InChI=1S/C23H21FN2O4/c24-16-6-4-8-18(12-16)30-14-15-5-3-7-17(11-15)25-21(27)13-26-22(28)19-9-1-2-10-20(19)23(26)29/h1-8,11-12,19-20H,9-10,13-14H2,(H,25,27). The first kappa shape index (κ1) is 19.8. The number of carbonyl (C=O) groups excluding carboxylic acids is 3. The van der Waals surface area contributed by atoms with Crippen molar-refractivity contribution < 1.29 is 23.5 Å². The van der Waals surface area contributed by atoms with E-state index in [4.69, 9.17) is 4.74 Å². The summed E-state index contributed by atoms with van der Waals surface area (Å²) in [6, 6.07) is 12.9. The number of halogens is 1. The maximum Gasteiger partial charge on any atom is 0.244 e. The lowest BCUT2D eigenvalue weighted by molar-refractivity contribution is -0.142. The molecule has 2 aromatic carbocycles. The van der Waals surface area contributed by atoms with E-state index in [1.54, 1.807) is 30.3 Å². The summed E-state index contributed by atoms with van der Waals surface area (Å²) in [5.41, 5.74) is 1.31. The number of hydrogen-bond acceptors (Lipinski definition) is 4. The molecule has 1 saturated heterocycles. The molecule has 0 radical (unpaired) electrons. The van der Waals surface area contributed by atoms with Crippen molar-refractivity contribution in [1.82, 2.24) is 4.90 Å². The van der Waals surface area contributed by atoms with E-state index in [-0.39, 0.29) is 42.6 Å². The van der Waals surface area contributed by atoms with Crippen molar-refractivity contribution in [3.63, 3.8) is 0 Å². The van der Waals surface area contributed by atoms with Gasteiger partial charge in [0, 0.05) is 11.8 Å². The van der Waals surface area contributed by atoms with Crippen molar-refractivity contribution in [2.45, 2.75) is 19.4 Å². The molecule has 0 aromatic heterocycles. The third-order valence-corrected chi connectivity index (χ3v) is 5.31. The molecule has 30 heavy (non-hydrogen) atoms. The number of carbonyl (C=O) groups is 3. The van der Waals surface area contributed by atoms with E-state index in [1.165, 1.54) is 12.1 Å². The van der Waals surface area contributed by atoms with E-state index >= 15 is 0 Å². The maximum atomic E-state index is 13.2. The number of rotatable bonds is 6. The molecule has 7 heteroatoms. The van der Waals surface area contributed by atoms with Gasteiger partial charge in [0.1, 0.15) is 24.7 Å². The van der Waals surface area contributed by atoms with E-state index in [9.17, 15) is 18.8 Å². The van der Waals surface area contributed by atoms with Crippen molar-refractivity contribution in [3.8, 4) is 5.75 Å². The average Bonchev–Trinajstić information content (AvgIpc) is 2.98. The zero-order valence-electron chi connectivity index (χ0n) is 16.2. The topological polar surface area (TPSA) is 75.7 Å². The van der Waals surface area contributed by atoms with E-state index in [2.05, 4.69) is 5.32 Å². The van der Waals surface area contributed by atoms with Crippen LogP contribution in [0.1, 0.15) is 18.4 Å². The predicted molar refractivity (Wildman–Crippen MR) is 108 cm³/mol. The highest BCUT2D eigenvalue weighted by atomic mass is 19.1. The van der Waals surface area contributed by atoms with Gasteiger partial charge in [-0.25, -0.2) is 4.39 Å². The molecule has 1 aliphatic carbocycles. The Morgan fingerprint density at radius 2 is 1.73 bits per heavy atom. The lowest BCUT2D eigenvalue weighted by Gasteiger charge is -2.15. The fraction of sp³-hybridized carbons (Fsp3) is 0.261. The largest absolute Gasteiger partial charge is 0.489 e. The van der Waals surface area contributed by atoms with Gasteiger partial charge < -0.3 is 10.1 Å². The second-order valence-electron chi connectivity index (χ2n) is 7.41. The smallest absolute Gasteiger partial charge is 0.244 e. The number of imide groups is 1. The van der Waals surface area contributed by atoms with Crippen LogP contribution in [0, 0.1) is 17.7 Å². The summed E-state index contributed by atoms with van der Waals surface area (Å²) in [7, 11) is 0. The van der Waals surface area contributed by atoms with Crippen LogP contribution in [-0.4, -0.2) is 29.2 Å². The zero-order chi connectivity index (χ0) is 21.1. The lowest BCUT2D eigenvalue weighted by Crippen LogP contribution is -2.38. The molecule has 0 bridgehead atoms. The SMILES string of the molecule is O=C(CN1C(=O)C2CC=CCC2C1=O)Nc1cccc(COc2cccc(F)c2)c1. The number of allylic oxidation sites excluding steroid dienone is 2. The summed E-state index contributed by atoms with van der Waals surface area (Å²) in [6.07, 6.45) is 4.90. The molecule has 1 heterocycles. The molecule has 1 fully saturated rings. The van der Waals surface area contributed by atoms with Crippen LogP contribution in [0.15, 0.2) is 60.7 Å². The normalized spacial score (nSPS) is 20.2. The Morgan fingerprint density at radius 1 is 1.03 bits per heavy atom. The Kier molecular flexibility index (Phi) is 5.61. The highest BCUT2D eigenvalue weighted by Gasteiger charge is 2.47. The average molecular weight is 408 g/mol. The van der Waals surface area contributed by atoms with Crippen molar-refractivity contribution in [1.29, 1.82) is 0 Å². The quantitative estimate of drug-likeness (QED) is 0.588. The lowest BCUT2D eigenvalue weighted by atomic mass is 9.85. The van der Waals surface area contributed by atoms with E-state index < -0.39 is 5.91 Å². The molecule has 3 amide bonds. The predicted octanol–water partition coefficient (Wildman–Crippen LogP) is 3.29. The van der Waals surface area contributed by atoms with Gasteiger partial charge in [0.25, 0.3) is 0 Å². The van der Waals surface area contributed by atoms with Gasteiger partial charge in [-0.1, -0.05) is 30.4 Å². The number of nitrogens with zero attached hydrogens (tertiary/aromatic N) is 1. The maximum absolute atomic E-state index is 13.2. The molecule has 4 rings (SSSR count). The molecule has 154 valence electrons. The van der Waals surface area contributed by atoms with Crippen molar-refractivity contribution in [3.05, 3.63) is 72.1 Å². The van der Waals surface area contributed by atoms with Crippen LogP contribution in [0.4, 0.5) is 10.1 Å². The second kappa shape index (κ2) is 8.49. The summed E-state index contributed by atoms with van der Waals surface area (Å²) in [4.78, 5) is 38.5. The van der Waals surface area contributed by atoms with Crippen molar-refractivity contribution in [2.24, 2.45) is 11.8 Å². The summed E-state index contributed by atoms with van der Waals surface area (Å²) in [5, 5.41) is 2.72. The van der Waals surface area contributed by atoms with Gasteiger partial charge in [-0.2, -0.15) is 0 Å². The molecular weight excluding hydrogens is 387 g/mol. The van der Waals surface area contributed by atoms with Crippen LogP contribution in [0.3, 0.4) is 0 Å². The van der Waals surface area contributed by atoms with Crippen LogP contribution >= 0.6 is 0 Å². The molecule has 2 aliphatic rings. The summed E-state index contributed by atoms with van der Waals surface area (Å²) in [6.45, 7) is -0.0959. The van der Waals surface area contributed by atoms with Gasteiger partial charge in [-0.15, -0.1) is 0 Å². The summed E-state index contributed by atoms with van der Waals surface area (Å²) < 4.78 is 18.8. The Labute approximate surface area is 173 Å². The molecule has 2 atom stereocenters. The number of likely N-dealkylation sites (tertiary alicyclic amines) is 1. The van der Waals surface area contributed by atoms with Crippen LogP contribution in [0.2, 0.25) is 0 Å². The first-order chi connectivity index (χ1) is 14.5. The van der Waals surface area contributed by atoms with Crippen LogP contribution in [-0.2, 0) is 21.0 Å². The number of nitrogens with one attached hydrogen (secondary N) is 1. The number of hydrogen-bond donors (Lipinski definition) is 1. The first-order valence-electron chi connectivity index (χ1n) is 9.78. The van der Waals surface area contributed by atoms with Crippen LogP contribution < -0.4 is 10.1 Å². The first-order valence-corrected chi connectivity index (χ1v) is 9.78. The summed E-state index contributed by atoms with van der Waals surface area (Å²) >= 11 is 0. The fourth-order valence-corrected chi connectivity index (χ4v) is 3.83. The molecular formula is C23H21FN2O4. The Bertz CT molecular complexity index is 994. The van der Waals surface area contributed by atoms with E-state index in [1.807, 2.05) is 18.2 Å². The Hall–Kier alpha value is -3.48. The second-order valence-corrected chi connectivity index (χ2v) is 7.41. The number of amides is 3. The highest BCUT2D eigenvalue weighted by Crippen LogP contribution is 2.34. The van der Waals surface area contributed by atoms with Gasteiger partial charge >= 0.3 is 0 Å². The molecule has 2 aromatic rings. The third-order valence-electron chi connectivity index (χ3n) is 5.31. The zero-order valence-corrected chi connectivity index (χ0v) is 16.2. The minimum absolute atomic E-state index is 0.201. The fourth-order valence-electron chi connectivity index (χ4n) is 3.83. The van der Waals surface area contributed by atoms with E-state index in [0.29, 0.717) is 24.3 Å². The van der Waals surface area contributed by atoms with Crippen LogP contribution in [0.25, 0.3) is 0 Å². The molecule has 0 spiro atoms. The number of fused-ring (bicyclic) bond motifs is 1. The Balaban J connectivity index is 1.35. The van der Waals surface area contributed by atoms with Crippen LogP contribution in [0.5, 0.6) is 5.75 Å². The molecule has 2 unspecified atom stereocenters. The van der Waals surface area contributed by atoms with Gasteiger partial charge in [-0.3, -0.25) is 19.3 Å². The monoisotopic (exact) mass is 408 g/mol. The number of anilines is 1. The molecule has 1 aliphatic heterocycles. The minimum Gasteiger partial charge on any atom is -0.489 e. The molecule has 0 saturated carbocycles. The Morgan fingerprint density at radius 3 is 2.43 bits per heavy atom. The molecule has 6 nitrogen and oxygen atoms in total. The van der Waals surface area contributed by atoms with E-state index in [0.717, 1.165) is 10.5 Å². The van der Waals surface area contributed by atoms with Gasteiger partial charge in [0.2, 0.25) is 17.7 Å². The summed E-state index contributed by atoms with van der Waals surface area (Å²) in [5.74, 6) is -1.66. The van der Waals surface area contributed by atoms with Crippen molar-refractivity contribution >= 4 is 23.4 Å². The van der Waals surface area contributed by atoms with Gasteiger partial charge in [0.15, 0.2) is 0 Å². The highest BCUT2D eigenvalue weighted by molar-refractivity contribution is 6.08. The third kappa shape index (κ3) is 4.25. The minimum atomic E-state index is -0.438. The van der Waals surface area contributed by atoms with Crippen molar-refractivity contribution in [2.75, 3.05) is 11.9 Å². The van der Waals surface area contributed by atoms with Gasteiger partial charge in [0.05, 0.1) is 11.8 Å². The van der Waals surface area contributed by atoms with Gasteiger partial charge in [-0.05, 0) is 42.7 Å². The number of ether oxygens (including phenoxy) is 1. The number of benzene rings is 2.